The molecule has 0 aliphatic heterocycles. The summed E-state index contributed by atoms with van der Waals surface area (Å²) >= 11 is 5.79. The van der Waals surface area contributed by atoms with E-state index in [1.165, 1.54) is 0 Å². The Hall–Kier alpha value is -2.97. The maximum Gasteiger partial charge on any atom is 0.270 e. The van der Waals surface area contributed by atoms with Gasteiger partial charge in [-0.25, -0.2) is 0 Å². The van der Waals surface area contributed by atoms with Crippen molar-refractivity contribution in [1.29, 1.82) is 5.26 Å². The number of nitrogens with two attached hydrogens (primary N) is 1. The minimum absolute atomic E-state index is 0.0294. The van der Waals surface area contributed by atoms with Gasteiger partial charge in [0.1, 0.15) is 11.9 Å². The monoisotopic (exact) mass is 312 g/mol. The molecular formula is C16H13ClN4O. The molecule has 0 bridgehead atoms. The van der Waals surface area contributed by atoms with Crippen molar-refractivity contribution in [3.8, 4) is 6.07 Å². The molecule has 22 heavy (non-hydrogen) atoms. The second-order valence-electron chi connectivity index (χ2n) is 4.35. The second kappa shape index (κ2) is 7.16. The van der Waals surface area contributed by atoms with E-state index in [0.29, 0.717) is 16.4 Å². The molecule has 0 aliphatic carbocycles. The molecule has 2 aromatic carbocycles. The standard InChI is InChI=1S/C16H13ClN4O/c17-11-6-8-13(9-7-11)20-15(19)14(10-18)16(22)21-12-4-2-1-3-5-12/h1-9,20H,19H2,(H,21,22)/b15-14-. The lowest BCUT2D eigenvalue weighted by molar-refractivity contribution is -0.112. The van der Waals surface area contributed by atoms with E-state index in [4.69, 9.17) is 22.6 Å². The predicted octanol–water partition coefficient (Wildman–Crippen LogP) is 3.08. The van der Waals surface area contributed by atoms with E-state index in [1.54, 1.807) is 48.5 Å². The number of anilines is 2. The molecule has 0 aliphatic rings. The van der Waals surface area contributed by atoms with E-state index in [9.17, 15) is 4.79 Å². The summed E-state index contributed by atoms with van der Waals surface area (Å²) < 4.78 is 0. The van der Waals surface area contributed by atoms with Crippen LogP contribution in [0.1, 0.15) is 0 Å². The Bertz CT molecular complexity index is 733. The molecule has 4 N–H and O–H groups in total. The maximum absolute atomic E-state index is 12.1. The number of nitrogens with zero attached hydrogens (tertiary/aromatic N) is 1. The number of nitrogens with one attached hydrogen (secondary N) is 2. The fraction of sp³-hybridized carbons (Fsp3) is 0. The summed E-state index contributed by atoms with van der Waals surface area (Å²) in [5, 5.41) is 15.1. The molecule has 5 nitrogen and oxygen atoms in total. The van der Waals surface area contributed by atoms with Gasteiger partial charge >= 0.3 is 0 Å². The Morgan fingerprint density at radius 3 is 2.18 bits per heavy atom. The minimum atomic E-state index is -0.576. The maximum atomic E-state index is 12.1. The van der Waals surface area contributed by atoms with Crippen LogP contribution in [-0.4, -0.2) is 5.91 Å². The van der Waals surface area contributed by atoms with Crippen LogP contribution in [0.15, 0.2) is 66.0 Å². The summed E-state index contributed by atoms with van der Waals surface area (Å²) in [6.45, 7) is 0. The number of halogens is 1. The van der Waals surface area contributed by atoms with Gasteiger partial charge in [-0.1, -0.05) is 29.8 Å². The van der Waals surface area contributed by atoms with Crippen LogP contribution in [0.4, 0.5) is 11.4 Å². The molecule has 0 saturated heterocycles. The summed E-state index contributed by atoms with van der Waals surface area (Å²) in [7, 11) is 0. The molecule has 0 unspecified atom stereocenters. The van der Waals surface area contributed by atoms with Crippen LogP contribution in [0.25, 0.3) is 0 Å². The highest BCUT2D eigenvalue weighted by Crippen LogP contribution is 2.15. The third kappa shape index (κ3) is 4.01. The third-order valence-corrected chi connectivity index (χ3v) is 3.02. The predicted molar refractivity (Wildman–Crippen MR) is 87.0 cm³/mol. The van der Waals surface area contributed by atoms with Gasteiger partial charge in [-0.2, -0.15) is 5.26 Å². The average Bonchev–Trinajstić information content (AvgIpc) is 2.51. The number of nitriles is 1. The quantitative estimate of drug-likeness (QED) is 0.597. The summed E-state index contributed by atoms with van der Waals surface area (Å²) in [6.07, 6.45) is 0. The normalized spacial score (nSPS) is 11.1. The van der Waals surface area contributed by atoms with Gasteiger partial charge in [0, 0.05) is 16.4 Å². The van der Waals surface area contributed by atoms with Crippen LogP contribution in [0.2, 0.25) is 5.02 Å². The average molecular weight is 313 g/mol. The third-order valence-electron chi connectivity index (χ3n) is 2.76. The first-order valence-electron chi connectivity index (χ1n) is 6.39. The zero-order valence-electron chi connectivity index (χ0n) is 11.5. The van der Waals surface area contributed by atoms with Crippen molar-refractivity contribution in [2.45, 2.75) is 0 Å². The highest BCUT2D eigenvalue weighted by Gasteiger charge is 2.14. The van der Waals surface area contributed by atoms with Crippen molar-refractivity contribution in [3.63, 3.8) is 0 Å². The fourth-order valence-corrected chi connectivity index (χ4v) is 1.83. The number of benzene rings is 2. The van der Waals surface area contributed by atoms with E-state index >= 15 is 0 Å². The summed E-state index contributed by atoms with van der Waals surface area (Å²) in [5.74, 6) is -0.606. The highest BCUT2D eigenvalue weighted by atomic mass is 35.5. The minimum Gasteiger partial charge on any atom is -0.384 e. The Morgan fingerprint density at radius 1 is 1.00 bits per heavy atom. The Kier molecular flexibility index (Phi) is 5.02. The van der Waals surface area contributed by atoms with E-state index in [-0.39, 0.29) is 11.4 Å². The largest absolute Gasteiger partial charge is 0.384 e. The van der Waals surface area contributed by atoms with Gasteiger partial charge in [0.25, 0.3) is 5.91 Å². The van der Waals surface area contributed by atoms with Gasteiger partial charge in [-0.15, -0.1) is 0 Å². The number of carbonyl (C=O) groups is 1. The molecule has 0 radical (unpaired) electrons. The number of rotatable bonds is 4. The van der Waals surface area contributed by atoms with Crippen LogP contribution >= 0.6 is 11.6 Å². The lowest BCUT2D eigenvalue weighted by Gasteiger charge is -2.09. The molecule has 110 valence electrons. The smallest absolute Gasteiger partial charge is 0.270 e. The van der Waals surface area contributed by atoms with Gasteiger partial charge in [0.05, 0.1) is 0 Å². The summed E-state index contributed by atoms with van der Waals surface area (Å²) in [5.41, 5.74) is 6.82. The van der Waals surface area contributed by atoms with Crippen LogP contribution in [0, 0.1) is 11.3 Å². The number of para-hydroxylation sites is 1. The van der Waals surface area contributed by atoms with Crippen molar-refractivity contribution in [1.82, 2.24) is 0 Å². The number of amides is 1. The molecule has 0 aromatic heterocycles. The zero-order valence-corrected chi connectivity index (χ0v) is 12.3. The van der Waals surface area contributed by atoms with Crippen molar-refractivity contribution in [2.24, 2.45) is 5.73 Å². The van der Waals surface area contributed by atoms with Crippen LogP contribution < -0.4 is 16.4 Å². The molecule has 2 rings (SSSR count). The lowest BCUT2D eigenvalue weighted by Crippen LogP contribution is -2.21. The van der Waals surface area contributed by atoms with Crippen LogP contribution in [-0.2, 0) is 4.79 Å². The van der Waals surface area contributed by atoms with E-state index in [0.717, 1.165) is 0 Å². The number of carbonyl (C=O) groups excluding carboxylic acids is 1. The number of hydrogen-bond donors (Lipinski definition) is 3. The Balaban J connectivity index is 2.16. The van der Waals surface area contributed by atoms with Gasteiger partial charge < -0.3 is 16.4 Å². The Morgan fingerprint density at radius 2 is 1.59 bits per heavy atom. The van der Waals surface area contributed by atoms with E-state index < -0.39 is 5.91 Å². The van der Waals surface area contributed by atoms with E-state index in [1.807, 2.05) is 12.1 Å². The molecule has 6 heteroatoms. The van der Waals surface area contributed by atoms with Crippen molar-refractivity contribution < 1.29 is 4.79 Å². The first kappa shape index (κ1) is 15.4. The molecule has 1 amide bonds. The zero-order chi connectivity index (χ0) is 15.9. The Labute approximate surface area is 133 Å². The van der Waals surface area contributed by atoms with E-state index in [2.05, 4.69) is 10.6 Å². The fourth-order valence-electron chi connectivity index (χ4n) is 1.70. The molecule has 0 atom stereocenters. The SMILES string of the molecule is N#C/C(C(=O)Nc1ccccc1)=C(\N)Nc1ccc(Cl)cc1. The molecule has 0 spiro atoms. The van der Waals surface area contributed by atoms with Crippen molar-refractivity contribution >= 4 is 28.9 Å². The molecule has 0 saturated carbocycles. The summed E-state index contributed by atoms with van der Waals surface area (Å²) in [4.78, 5) is 12.1. The molecule has 0 fully saturated rings. The first-order chi connectivity index (χ1) is 10.6. The van der Waals surface area contributed by atoms with Gasteiger partial charge in [-0.3, -0.25) is 4.79 Å². The van der Waals surface area contributed by atoms with Gasteiger partial charge in [-0.05, 0) is 36.4 Å². The van der Waals surface area contributed by atoms with Gasteiger partial charge in [0.15, 0.2) is 5.57 Å². The second-order valence-corrected chi connectivity index (χ2v) is 4.79. The molecule has 0 heterocycles. The lowest BCUT2D eigenvalue weighted by atomic mass is 10.2. The topological polar surface area (TPSA) is 90.9 Å². The van der Waals surface area contributed by atoms with Crippen molar-refractivity contribution in [2.75, 3.05) is 10.6 Å². The van der Waals surface area contributed by atoms with Crippen LogP contribution in [0.5, 0.6) is 0 Å². The van der Waals surface area contributed by atoms with Crippen molar-refractivity contribution in [3.05, 3.63) is 71.0 Å². The molecule has 2 aromatic rings. The highest BCUT2D eigenvalue weighted by molar-refractivity contribution is 6.30. The first-order valence-corrected chi connectivity index (χ1v) is 6.77. The summed E-state index contributed by atoms with van der Waals surface area (Å²) in [6, 6.07) is 17.4. The van der Waals surface area contributed by atoms with Gasteiger partial charge in [0.2, 0.25) is 0 Å². The molecular weight excluding hydrogens is 300 g/mol. The number of hydrogen-bond acceptors (Lipinski definition) is 4. The van der Waals surface area contributed by atoms with Crippen LogP contribution in [0.3, 0.4) is 0 Å².